The Labute approximate surface area is 182 Å². The summed E-state index contributed by atoms with van der Waals surface area (Å²) in [7, 11) is 0. The third kappa shape index (κ3) is 4.83. The Hall–Kier alpha value is -2.79. The molecule has 1 saturated heterocycles. The fourth-order valence-corrected chi connectivity index (χ4v) is 3.69. The Balaban J connectivity index is 0.000000360. The Bertz CT molecular complexity index is 1040. The SMILES string of the molecule is O=C(O)C(F)(F)F.O=C1c2c(cc(-c3ccc(Cl)cc3)cc2C(F)(F)F)[C@@H]2CNCCN12. The second-order valence-electron chi connectivity index (χ2n) is 7.01. The molecule has 0 aliphatic carbocycles. The quantitative estimate of drug-likeness (QED) is 0.578. The predicted molar refractivity (Wildman–Crippen MR) is 102 cm³/mol. The molecule has 0 saturated carbocycles. The highest BCUT2D eigenvalue weighted by atomic mass is 35.5. The number of amides is 1. The number of aliphatic carboxylic acids is 1. The van der Waals surface area contributed by atoms with Crippen LogP contribution in [0, 0.1) is 0 Å². The summed E-state index contributed by atoms with van der Waals surface area (Å²) in [6.07, 6.45) is -9.68. The first-order valence-electron chi connectivity index (χ1n) is 9.13. The van der Waals surface area contributed by atoms with Crippen molar-refractivity contribution in [1.82, 2.24) is 10.2 Å². The molecule has 12 heteroatoms. The molecule has 32 heavy (non-hydrogen) atoms. The van der Waals surface area contributed by atoms with Crippen molar-refractivity contribution >= 4 is 23.5 Å². The Morgan fingerprint density at radius 3 is 2.19 bits per heavy atom. The van der Waals surface area contributed by atoms with E-state index in [1.54, 1.807) is 30.3 Å². The maximum Gasteiger partial charge on any atom is 0.490 e. The highest BCUT2D eigenvalue weighted by Gasteiger charge is 2.45. The molecule has 0 radical (unpaired) electrons. The molecule has 2 aliphatic rings. The van der Waals surface area contributed by atoms with Crippen molar-refractivity contribution in [3.63, 3.8) is 0 Å². The summed E-state index contributed by atoms with van der Waals surface area (Å²) in [6, 6.07) is 9.03. The van der Waals surface area contributed by atoms with Gasteiger partial charge in [-0.1, -0.05) is 23.7 Å². The summed E-state index contributed by atoms with van der Waals surface area (Å²) in [5, 5.41) is 10.8. The zero-order valence-electron chi connectivity index (χ0n) is 16.0. The number of fused-ring (bicyclic) bond motifs is 3. The van der Waals surface area contributed by atoms with Crippen molar-refractivity contribution in [3.05, 3.63) is 58.1 Å². The van der Waals surface area contributed by atoms with Crippen molar-refractivity contribution < 1.29 is 41.0 Å². The first-order valence-corrected chi connectivity index (χ1v) is 9.51. The summed E-state index contributed by atoms with van der Waals surface area (Å²) in [5.74, 6) is -3.29. The largest absolute Gasteiger partial charge is 0.490 e. The number of halogens is 7. The number of benzene rings is 2. The lowest BCUT2D eigenvalue weighted by atomic mass is 9.92. The van der Waals surface area contributed by atoms with Crippen molar-refractivity contribution in [1.29, 1.82) is 0 Å². The zero-order chi connectivity index (χ0) is 23.8. The number of nitrogens with one attached hydrogen (secondary N) is 1. The van der Waals surface area contributed by atoms with Crippen molar-refractivity contribution in [2.45, 2.75) is 18.4 Å². The number of carbonyl (C=O) groups excluding carboxylic acids is 1. The topological polar surface area (TPSA) is 69.6 Å². The van der Waals surface area contributed by atoms with Crippen LogP contribution in [0.5, 0.6) is 0 Å². The average molecular weight is 481 g/mol. The molecule has 2 N–H and O–H groups in total. The summed E-state index contributed by atoms with van der Waals surface area (Å²) in [4.78, 5) is 23.0. The number of nitrogens with zero attached hydrogens (tertiary/aromatic N) is 1. The zero-order valence-corrected chi connectivity index (χ0v) is 16.8. The molecule has 0 spiro atoms. The molecule has 0 unspecified atom stereocenters. The van der Waals surface area contributed by atoms with Crippen LogP contribution in [-0.4, -0.2) is 47.7 Å². The Kier molecular flexibility index (Phi) is 6.43. The lowest BCUT2D eigenvalue weighted by Crippen LogP contribution is -2.44. The molecule has 2 heterocycles. The molecule has 0 bridgehead atoms. The second-order valence-corrected chi connectivity index (χ2v) is 7.45. The molecule has 2 aliphatic heterocycles. The van der Waals surface area contributed by atoms with Crippen LogP contribution in [0.15, 0.2) is 36.4 Å². The molecular weight excluding hydrogens is 466 g/mol. The molecule has 5 nitrogen and oxygen atoms in total. The van der Waals surface area contributed by atoms with Gasteiger partial charge in [0.2, 0.25) is 0 Å². The molecule has 1 atom stereocenters. The summed E-state index contributed by atoms with van der Waals surface area (Å²) >= 11 is 5.87. The van der Waals surface area contributed by atoms with Crippen molar-refractivity contribution in [3.8, 4) is 11.1 Å². The van der Waals surface area contributed by atoms with Gasteiger partial charge in [-0.25, -0.2) is 4.79 Å². The monoisotopic (exact) mass is 480 g/mol. The lowest BCUT2D eigenvalue weighted by Gasteiger charge is -2.30. The molecule has 2 aromatic rings. The van der Waals surface area contributed by atoms with E-state index in [4.69, 9.17) is 21.5 Å². The molecule has 0 aromatic heterocycles. The molecule has 1 fully saturated rings. The van der Waals surface area contributed by atoms with Gasteiger partial charge >= 0.3 is 18.3 Å². The standard InChI is InChI=1S/C18H14ClF3N2O.C2HF3O2/c19-12-3-1-10(2-4-12)11-7-13-15-9-23-5-6-24(15)17(25)16(13)14(8-11)18(20,21)22;3-2(4,5)1(6)7/h1-4,7-8,15,23H,5-6,9H2;(H,6,7)/t15-;/m0./s1. The minimum atomic E-state index is -5.08. The summed E-state index contributed by atoms with van der Waals surface area (Å²) in [6.45, 7) is 1.45. The smallest absolute Gasteiger partial charge is 0.475 e. The van der Waals surface area contributed by atoms with E-state index >= 15 is 0 Å². The van der Waals surface area contributed by atoms with Gasteiger partial charge in [0.15, 0.2) is 0 Å². The van der Waals surface area contributed by atoms with Gasteiger partial charge in [-0.3, -0.25) is 4.79 Å². The van der Waals surface area contributed by atoms with E-state index in [1.807, 2.05) is 0 Å². The van der Waals surface area contributed by atoms with E-state index in [9.17, 15) is 31.1 Å². The number of carboxylic acid groups (broad SMARTS) is 1. The third-order valence-corrected chi connectivity index (χ3v) is 5.22. The minimum Gasteiger partial charge on any atom is -0.475 e. The van der Waals surface area contributed by atoms with Gasteiger partial charge in [-0.2, -0.15) is 26.3 Å². The van der Waals surface area contributed by atoms with Crippen molar-refractivity contribution in [2.24, 2.45) is 0 Å². The second kappa shape index (κ2) is 8.62. The van der Waals surface area contributed by atoms with Gasteiger partial charge < -0.3 is 15.3 Å². The van der Waals surface area contributed by atoms with Crippen LogP contribution in [0.25, 0.3) is 11.1 Å². The van der Waals surface area contributed by atoms with E-state index in [0.29, 0.717) is 41.3 Å². The number of carbonyl (C=O) groups is 2. The normalized spacial score (nSPS) is 17.9. The Morgan fingerprint density at radius 1 is 1.06 bits per heavy atom. The van der Waals surface area contributed by atoms with Crippen LogP contribution in [0.3, 0.4) is 0 Å². The maximum atomic E-state index is 13.6. The number of piperazine rings is 1. The van der Waals surface area contributed by atoms with Gasteiger partial charge in [0.25, 0.3) is 5.91 Å². The highest BCUT2D eigenvalue weighted by molar-refractivity contribution is 6.30. The maximum absolute atomic E-state index is 13.6. The van der Waals surface area contributed by atoms with Gasteiger partial charge in [0, 0.05) is 24.7 Å². The van der Waals surface area contributed by atoms with Crippen LogP contribution >= 0.6 is 11.6 Å². The van der Waals surface area contributed by atoms with Crippen molar-refractivity contribution in [2.75, 3.05) is 19.6 Å². The lowest BCUT2D eigenvalue weighted by molar-refractivity contribution is -0.192. The Morgan fingerprint density at radius 2 is 1.66 bits per heavy atom. The number of rotatable bonds is 1. The highest BCUT2D eigenvalue weighted by Crippen LogP contribution is 2.44. The summed E-state index contributed by atoms with van der Waals surface area (Å²) in [5.41, 5.74) is 0.431. The van der Waals surface area contributed by atoms with Gasteiger partial charge in [0.1, 0.15) is 0 Å². The van der Waals surface area contributed by atoms with Crippen LogP contribution in [-0.2, 0) is 11.0 Å². The van der Waals surface area contributed by atoms with Crippen LogP contribution < -0.4 is 5.32 Å². The van der Waals surface area contributed by atoms with Crippen LogP contribution in [0.4, 0.5) is 26.3 Å². The first-order chi connectivity index (χ1) is 14.8. The van der Waals surface area contributed by atoms with Crippen LogP contribution in [0.1, 0.15) is 27.5 Å². The number of hydrogen-bond donors (Lipinski definition) is 2. The number of alkyl halides is 6. The molecule has 2 aromatic carbocycles. The average Bonchev–Trinajstić information content (AvgIpc) is 3.00. The summed E-state index contributed by atoms with van der Waals surface area (Å²) < 4.78 is 72.7. The number of hydrogen-bond acceptors (Lipinski definition) is 3. The fourth-order valence-electron chi connectivity index (χ4n) is 3.57. The minimum absolute atomic E-state index is 0.209. The van der Waals surface area contributed by atoms with E-state index < -0.39 is 29.8 Å². The fraction of sp³-hybridized carbons (Fsp3) is 0.300. The molecule has 172 valence electrons. The van der Waals surface area contributed by atoms with Crippen LogP contribution in [0.2, 0.25) is 5.02 Å². The predicted octanol–water partition coefficient (Wildman–Crippen LogP) is 4.76. The van der Waals surface area contributed by atoms with Gasteiger partial charge in [0.05, 0.1) is 17.2 Å². The van der Waals surface area contributed by atoms with Gasteiger partial charge in [-0.15, -0.1) is 0 Å². The van der Waals surface area contributed by atoms with E-state index in [2.05, 4.69) is 5.32 Å². The number of carboxylic acids is 1. The molecule has 1 amide bonds. The third-order valence-electron chi connectivity index (χ3n) is 4.97. The molecule has 4 rings (SSSR count). The first kappa shape index (κ1) is 23.9. The van der Waals surface area contributed by atoms with Gasteiger partial charge in [-0.05, 0) is 41.0 Å². The van der Waals surface area contributed by atoms with E-state index in [1.165, 1.54) is 4.90 Å². The van der Waals surface area contributed by atoms with E-state index in [0.717, 1.165) is 6.07 Å². The van der Waals surface area contributed by atoms with E-state index in [-0.39, 0.29) is 11.6 Å². The molecular formula is C20H15ClF6N2O3.